The van der Waals surface area contributed by atoms with Crippen LogP contribution >= 0.6 is 0 Å². The normalized spacial score (nSPS) is 24.4. The molecule has 0 aromatic heterocycles. The van der Waals surface area contributed by atoms with Gasteiger partial charge in [-0.3, -0.25) is 14.4 Å². The van der Waals surface area contributed by atoms with Gasteiger partial charge in [-0.15, -0.1) is 0 Å². The highest BCUT2D eigenvalue weighted by atomic mass is 19.1. The molecule has 0 unspecified atom stereocenters. The number of nitrogens with zero attached hydrogens (tertiary/aromatic N) is 2. The number of hydrogen-bond acceptors (Lipinski definition) is 4. The molecule has 2 saturated heterocycles. The smallest absolute Gasteiger partial charge is 0.266 e. The number of benzene rings is 2. The van der Waals surface area contributed by atoms with Crippen LogP contribution in [0.25, 0.3) is 0 Å². The van der Waals surface area contributed by atoms with Crippen molar-refractivity contribution >= 4 is 23.2 Å². The minimum atomic E-state index is -0.858. The molecule has 30 heavy (non-hydrogen) atoms. The van der Waals surface area contributed by atoms with Crippen LogP contribution in [0.3, 0.4) is 0 Å². The summed E-state index contributed by atoms with van der Waals surface area (Å²) in [6.07, 6.45) is 3.12. The number of fused-ring (bicyclic) bond motifs is 1. The summed E-state index contributed by atoms with van der Waals surface area (Å²) in [5.41, 5.74) is 1.23. The van der Waals surface area contributed by atoms with Crippen molar-refractivity contribution in [2.75, 3.05) is 9.96 Å². The number of rotatable bonds is 7. The van der Waals surface area contributed by atoms with Gasteiger partial charge in [-0.25, -0.2) is 14.4 Å². The van der Waals surface area contributed by atoms with E-state index in [1.54, 1.807) is 5.06 Å². The predicted molar refractivity (Wildman–Crippen MR) is 113 cm³/mol. The van der Waals surface area contributed by atoms with Gasteiger partial charge in [0.05, 0.1) is 23.3 Å². The van der Waals surface area contributed by atoms with Crippen molar-refractivity contribution in [1.82, 2.24) is 0 Å². The number of carbonyl (C=O) groups excluding carboxylic acids is 2. The maximum atomic E-state index is 13.5. The molecule has 2 aliphatic rings. The number of carbonyl (C=O) groups is 2. The molecule has 5 nitrogen and oxygen atoms in total. The van der Waals surface area contributed by atoms with E-state index in [0.717, 1.165) is 36.3 Å². The van der Waals surface area contributed by atoms with Crippen LogP contribution in [0, 0.1) is 17.7 Å². The van der Waals surface area contributed by atoms with E-state index in [9.17, 15) is 14.0 Å². The van der Waals surface area contributed by atoms with E-state index >= 15 is 0 Å². The van der Waals surface area contributed by atoms with Gasteiger partial charge < -0.3 is 0 Å². The molecule has 2 fully saturated rings. The molecule has 4 rings (SSSR count). The highest BCUT2D eigenvalue weighted by molar-refractivity contribution is 6.23. The molecule has 6 heteroatoms. The standard InChI is InChI=1S/C24H27FN2O3/c1-3-5-9-16(4-2)21-20-22(30-27(21)19-10-7-6-8-11-19)24(29)26(23(20)28)18-14-12-17(25)13-15-18/h6-8,10-16,20-22H,3-5,9H2,1-2H3/t16-,20-,21+,22-/m0/s1. The molecule has 4 atom stereocenters. The Morgan fingerprint density at radius 3 is 2.30 bits per heavy atom. The summed E-state index contributed by atoms with van der Waals surface area (Å²) < 4.78 is 13.3. The molecule has 2 heterocycles. The molecular weight excluding hydrogens is 383 g/mol. The average Bonchev–Trinajstić information content (AvgIpc) is 3.27. The third-order valence-corrected chi connectivity index (χ3v) is 6.19. The zero-order chi connectivity index (χ0) is 21.3. The van der Waals surface area contributed by atoms with Gasteiger partial charge in [0.15, 0.2) is 6.10 Å². The third kappa shape index (κ3) is 3.49. The monoisotopic (exact) mass is 410 g/mol. The molecule has 0 saturated carbocycles. The van der Waals surface area contributed by atoms with Crippen LogP contribution in [0.2, 0.25) is 0 Å². The lowest BCUT2D eigenvalue weighted by molar-refractivity contribution is -0.126. The van der Waals surface area contributed by atoms with E-state index in [2.05, 4.69) is 13.8 Å². The van der Waals surface area contributed by atoms with E-state index in [0.29, 0.717) is 5.69 Å². The van der Waals surface area contributed by atoms with Crippen LogP contribution in [0.15, 0.2) is 54.6 Å². The second-order valence-electron chi connectivity index (χ2n) is 8.00. The SMILES string of the molecule is CCCC[C@H](CC)[C@@H]1[C@@H]2C(=O)N(c3ccc(F)cc3)C(=O)[C@H]2ON1c1ccccc1. The van der Waals surface area contributed by atoms with Crippen molar-refractivity contribution in [3.05, 3.63) is 60.4 Å². The first-order valence-corrected chi connectivity index (χ1v) is 10.7. The molecule has 2 aromatic carbocycles. The van der Waals surface area contributed by atoms with E-state index < -0.39 is 17.8 Å². The average molecular weight is 410 g/mol. The summed E-state index contributed by atoms with van der Waals surface area (Å²) in [5.74, 6) is -1.43. The van der Waals surface area contributed by atoms with Crippen LogP contribution in [0.1, 0.15) is 39.5 Å². The Kier molecular flexibility index (Phi) is 5.86. The minimum Gasteiger partial charge on any atom is -0.273 e. The summed E-state index contributed by atoms with van der Waals surface area (Å²) in [6.45, 7) is 4.27. The first-order valence-electron chi connectivity index (χ1n) is 10.7. The predicted octanol–water partition coefficient (Wildman–Crippen LogP) is 4.72. The maximum Gasteiger partial charge on any atom is 0.266 e. The summed E-state index contributed by atoms with van der Waals surface area (Å²) >= 11 is 0. The topological polar surface area (TPSA) is 49.9 Å². The Morgan fingerprint density at radius 2 is 1.67 bits per heavy atom. The molecule has 0 N–H and O–H groups in total. The van der Waals surface area contributed by atoms with E-state index in [4.69, 9.17) is 4.84 Å². The van der Waals surface area contributed by atoms with Crippen LogP contribution in [0.4, 0.5) is 15.8 Å². The Morgan fingerprint density at radius 1 is 0.967 bits per heavy atom. The van der Waals surface area contributed by atoms with Crippen molar-refractivity contribution < 1.29 is 18.8 Å². The largest absolute Gasteiger partial charge is 0.273 e. The molecule has 2 aliphatic heterocycles. The first kappa shape index (κ1) is 20.5. The zero-order valence-corrected chi connectivity index (χ0v) is 17.3. The molecule has 0 spiro atoms. The lowest BCUT2D eigenvalue weighted by Gasteiger charge is -2.33. The molecular formula is C24H27FN2O3. The molecule has 2 amide bonds. The van der Waals surface area contributed by atoms with Crippen LogP contribution < -0.4 is 9.96 Å². The number of hydrogen-bond donors (Lipinski definition) is 0. The Labute approximate surface area is 176 Å². The highest BCUT2D eigenvalue weighted by Crippen LogP contribution is 2.44. The van der Waals surface area contributed by atoms with E-state index in [1.165, 1.54) is 24.3 Å². The minimum absolute atomic E-state index is 0.213. The zero-order valence-electron chi connectivity index (χ0n) is 17.3. The van der Waals surface area contributed by atoms with Gasteiger partial charge in [-0.05, 0) is 48.7 Å². The second kappa shape index (κ2) is 8.56. The van der Waals surface area contributed by atoms with Crippen molar-refractivity contribution in [3.63, 3.8) is 0 Å². The number of hydroxylamine groups is 1. The third-order valence-electron chi connectivity index (χ3n) is 6.19. The highest BCUT2D eigenvalue weighted by Gasteiger charge is 2.61. The fourth-order valence-corrected chi connectivity index (χ4v) is 4.66. The van der Waals surface area contributed by atoms with Gasteiger partial charge in [-0.1, -0.05) is 51.3 Å². The maximum absolute atomic E-state index is 13.5. The second-order valence-corrected chi connectivity index (χ2v) is 8.00. The summed E-state index contributed by atoms with van der Waals surface area (Å²) in [6, 6.07) is 14.9. The molecule has 0 bridgehead atoms. The van der Waals surface area contributed by atoms with Crippen molar-refractivity contribution in [2.24, 2.45) is 11.8 Å². The lowest BCUT2D eigenvalue weighted by atomic mass is 9.82. The fraction of sp³-hybridized carbons (Fsp3) is 0.417. The van der Waals surface area contributed by atoms with Gasteiger partial charge >= 0.3 is 0 Å². The molecule has 0 aliphatic carbocycles. The van der Waals surface area contributed by atoms with Gasteiger partial charge in [0.2, 0.25) is 5.91 Å². The lowest BCUT2D eigenvalue weighted by Crippen LogP contribution is -2.44. The van der Waals surface area contributed by atoms with Gasteiger partial charge in [-0.2, -0.15) is 0 Å². The van der Waals surface area contributed by atoms with Crippen molar-refractivity contribution in [3.8, 4) is 0 Å². The number of amides is 2. The van der Waals surface area contributed by atoms with Crippen LogP contribution in [0.5, 0.6) is 0 Å². The Hall–Kier alpha value is -2.73. The Bertz CT molecular complexity index is 902. The van der Waals surface area contributed by atoms with Crippen molar-refractivity contribution in [2.45, 2.75) is 51.7 Å². The van der Waals surface area contributed by atoms with Crippen LogP contribution in [-0.2, 0) is 14.4 Å². The number of anilines is 2. The first-order chi connectivity index (χ1) is 14.6. The molecule has 2 aromatic rings. The quantitative estimate of drug-likeness (QED) is 0.620. The summed E-state index contributed by atoms with van der Waals surface area (Å²) in [7, 11) is 0. The number of imide groups is 1. The Balaban J connectivity index is 1.71. The van der Waals surface area contributed by atoms with E-state index in [1.807, 2.05) is 30.3 Å². The van der Waals surface area contributed by atoms with Gasteiger partial charge in [0, 0.05) is 0 Å². The molecule has 0 radical (unpaired) electrons. The number of para-hydroxylation sites is 1. The molecule has 158 valence electrons. The number of unbranched alkanes of at least 4 members (excludes halogenated alkanes) is 1. The van der Waals surface area contributed by atoms with Crippen LogP contribution in [-0.4, -0.2) is 24.0 Å². The summed E-state index contributed by atoms with van der Waals surface area (Å²) in [5, 5.41) is 1.79. The fourth-order valence-electron chi connectivity index (χ4n) is 4.66. The van der Waals surface area contributed by atoms with Gasteiger partial charge in [0.1, 0.15) is 5.82 Å². The van der Waals surface area contributed by atoms with Gasteiger partial charge in [0.25, 0.3) is 5.91 Å². The van der Waals surface area contributed by atoms with E-state index in [-0.39, 0.29) is 23.8 Å². The summed E-state index contributed by atoms with van der Waals surface area (Å²) in [4.78, 5) is 34.0. The van der Waals surface area contributed by atoms with Crippen molar-refractivity contribution in [1.29, 1.82) is 0 Å². The number of halogens is 1.